The summed E-state index contributed by atoms with van der Waals surface area (Å²) in [5.41, 5.74) is 8.17. The van der Waals surface area contributed by atoms with Crippen LogP contribution in [0.3, 0.4) is 0 Å². The van der Waals surface area contributed by atoms with Crippen molar-refractivity contribution in [2.24, 2.45) is 0 Å². The number of hydrogen-bond acceptors (Lipinski definition) is 6. The average Bonchev–Trinajstić information content (AvgIpc) is 2.40. The fourth-order valence-corrected chi connectivity index (χ4v) is 2.28. The lowest BCUT2D eigenvalue weighted by molar-refractivity contribution is 0.122. The number of nitrogens with one attached hydrogen (secondary N) is 1. The molecule has 1 aromatic rings. The Balaban J connectivity index is 0.00000120. The Labute approximate surface area is 112 Å². The van der Waals surface area contributed by atoms with Crippen molar-refractivity contribution in [2.75, 3.05) is 43.5 Å². The van der Waals surface area contributed by atoms with Crippen molar-refractivity contribution in [1.82, 2.24) is 15.3 Å². The number of nitrogen functional groups attached to an aromatic ring is 1. The van der Waals surface area contributed by atoms with E-state index in [0.717, 1.165) is 63.0 Å². The van der Waals surface area contributed by atoms with Crippen LogP contribution in [0.4, 0.5) is 11.8 Å². The Hall–Kier alpha value is -1.11. The second kappa shape index (κ2) is 5.69. The molecule has 0 aliphatic carbocycles. The third-order valence-corrected chi connectivity index (χ3v) is 3.25. The minimum absolute atomic E-state index is 0. The zero-order valence-electron chi connectivity index (χ0n) is 10.2. The van der Waals surface area contributed by atoms with Gasteiger partial charge in [-0.2, -0.15) is 4.98 Å². The first-order chi connectivity index (χ1) is 8.34. The number of ether oxygens (including phenoxy) is 1. The highest BCUT2D eigenvalue weighted by atomic mass is 35.5. The molecule has 1 fully saturated rings. The van der Waals surface area contributed by atoms with Crippen molar-refractivity contribution in [2.45, 2.75) is 13.0 Å². The molecule has 2 aliphatic heterocycles. The van der Waals surface area contributed by atoms with Crippen LogP contribution in [0.1, 0.15) is 11.3 Å². The van der Waals surface area contributed by atoms with E-state index in [9.17, 15) is 0 Å². The summed E-state index contributed by atoms with van der Waals surface area (Å²) in [5.74, 6) is 1.38. The molecule has 6 nitrogen and oxygen atoms in total. The summed E-state index contributed by atoms with van der Waals surface area (Å²) in [6, 6.07) is 0. The summed E-state index contributed by atoms with van der Waals surface area (Å²) in [6.45, 7) is 4.89. The Bertz CT molecular complexity index is 422. The van der Waals surface area contributed by atoms with Gasteiger partial charge >= 0.3 is 0 Å². The number of halogens is 1. The van der Waals surface area contributed by atoms with Gasteiger partial charge in [-0.05, 0) is 13.0 Å². The first kappa shape index (κ1) is 13.3. The summed E-state index contributed by atoms with van der Waals surface area (Å²) < 4.78 is 5.32. The fourth-order valence-electron chi connectivity index (χ4n) is 2.28. The molecule has 1 saturated heterocycles. The molecule has 3 heterocycles. The Morgan fingerprint density at radius 2 is 2.00 bits per heavy atom. The van der Waals surface area contributed by atoms with Crippen molar-refractivity contribution in [3.8, 4) is 0 Å². The number of fused-ring (bicyclic) bond motifs is 1. The highest BCUT2D eigenvalue weighted by Gasteiger charge is 2.19. The maximum Gasteiger partial charge on any atom is 0.227 e. The predicted octanol–water partition coefficient (Wildman–Crippen LogP) is -0.0371. The van der Waals surface area contributed by atoms with Crippen LogP contribution in [0.2, 0.25) is 0 Å². The van der Waals surface area contributed by atoms with Gasteiger partial charge in [0.1, 0.15) is 5.82 Å². The van der Waals surface area contributed by atoms with Gasteiger partial charge in [-0.3, -0.25) is 0 Å². The molecule has 1 aromatic heterocycles. The zero-order chi connectivity index (χ0) is 11.7. The number of nitrogens with two attached hydrogens (primary N) is 1. The Morgan fingerprint density at radius 3 is 2.78 bits per heavy atom. The summed E-state index contributed by atoms with van der Waals surface area (Å²) >= 11 is 0. The van der Waals surface area contributed by atoms with E-state index in [1.807, 2.05) is 0 Å². The van der Waals surface area contributed by atoms with E-state index in [4.69, 9.17) is 10.5 Å². The van der Waals surface area contributed by atoms with Gasteiger partial charge in [0, 0.05) is 25.2 Å². The van der Waals surface area contributed by atoms with Gasteiger partial charge in [-0.15, -0.1) is 12.4 Å². The molecule has 7 heteroatoms. The van der Waals surface area contributed by atoms with Gasteiger partial charge in [-0.1, -0.05) is 0 Å². The van der Waals surface area contributed by atoms with E-state index in [0.29, 0.717) is 5.82 Å². The number of nitrogens with zero attached hydrogens (tertiary/aromatic N) is 3. The van der Waals surface area contributed by atoms with Crippen molar-refractivity contribution >= 4 is 24.2 Å². The second-order valence-corrected chi connectivity index (χ2v) is 4.36. The van der Waals surface area contributed by atoms with Crippen molar-refractivity contribution in [3.63, 3.8) is 0 Å². The quantitative estimate of drug-likeness (QED) is 0.747. The van der Waals surface area contributed by atoms with Crippen molar-refractivity contribution < 1.29 is 4.74 Å². The number of morpholine rings is 1. The summed E-state index contributed by atoms with van der Waals surface area (Å²) in [7, 11) is 0. The van der Waals surface area contributed by atoms with Crippen LogP contribution in [0.25, 0.3) is 0 Å². The van der Waals surface area contributed by atoms with Crippen LogP contribution in [-0.4, -0.2) is 42.8 Å². The predicted molar refractivity (Wildman–Crippen MR) is 72.1 cm³/mol. The fraction of sp³-hybridized carbons (Fsp3) is 0.636. The highest BCUT2D eigenvalue weighted by Crippen LogP contribution is 2.21. The molecule has 2 aliphatic rings. The van der Waals surface area contributed by atoms with E-state index in [2.05, 4.69) is 20.2 Å². The second-order valence-electron chi connectivity index (χ2n) is 4.36. The van der Waals surface area contributed by atoms with Gasteiger partial charge in [0.15, 0.2) is 0 Å². The van der Waals surface area contributed by atoms with Gasteiger partial charge in [0.25, 0.3) is 0 Å². The van der Waals surface area contributed by atoms with Gasteiger partial charge in [-0.25, -0.2) is 4.98 Å². The molecular formula is C11H18ClN5O. The van der Waals surface area contributed by atoms with Crippen LogP contribution in [0.5, 0.6) is 0 Å². The monoisotopic (exact) mass is 271 g/mol. The lowest BCUT2D eigenvalue weighted by Gasteiger charge is -2.28. The van der Waals surface area contributed by atoms with E-state index in [-0.39, 0.29) is 12.4 Å². The van der Waals surface area contributed by atoms with Crippen LogP contribution >= 0.6 is 12.4 Å². The largest absolute Gasteiger partial charge is 0.383 e. The Kier molecular flexibility index (Phi) is 4.21. The Morgan fingerprint density at radius 1 is 1.22 bits per heavy atom. The van der Waals surface area contributed by atoms with E-state index in [1.165, 1.54) is 0 Å². The SMILES string of the molecule is Cl.Nc1nc(N2CCOCC2)nc2c1CCNC2. The highest BCUT2D eigenvalue weighted by molar-refractivity contribution is 5.85. The molecule has 0 saturated carbocycles. The van der Waals surface area contributed by atoms with Crippen LogP contribution in [0, 0.1) is 0 Å². The van der Waals surface area contributed by atoms with E-state index in [1.54, 1.807) is 0 Å². The van der Waals surface area contributed by atoms with Crippen molar-refractivity contribution in [1.29, 1.82) is 0 Å². The third-order valence-electron chi connectivity index (χ3n) is 3.25. The first-order valence-electron chi connectivity index (χ1n) is 6.03. The molecule has 0 radical (unpaired) electrons. The molecule has 0 spiro atoms. The first-order valence-corrected chi connectivity index (χ1v) is 6.03. The zero-order valence-corrected chi connectivity index (χ0v) is 11.0. The topological polar surface area (TPSA) is 76.3 Å². The molecule has 18 heavy (non-hydrogen) atoms. The third kappa shape index (κ3) is 2.50. The minimum Gasteiger partial charge on any atom is -0.383 e. The molecule has 100 valence electrons. The number of hydrogen-bond donors (Lipinski definition) is 2. The van der Waals surface area contributed by atoms with E-state index < -0.39 is 0 Å². The standard InChI is InChI=1S/C11H17N5O.ClH/c12-10-8-1-2-13-7-9(8)14-11(15-10)16-3-5-17-6-4-16;/h13H,1-7H2,(H2,12,14,15);1H. The van der Waals surface area contributed by atoms with Gasteiger partial charge in [0.05, 0.1) is 18.9 Å². The molecule has 0 amide bonds. The smallest absolute Gasteiger partial charge is 0.227 e. The van der Waals surface area contributed by atoms with Crippen LogP contribution in [0.15, 0.2) is 0 Å². The number of aromatic nitrogens is 2. The minimum atomic E-state index is 0. The summed E-state index contributed by atoms with van der Waals surface area (Å²) in [4.78, 5) is 11.2. The van der Waals surface area contributed by atoms with Crippen molar-refractivity contribution in [3.05, 3.63) is 11.3 Å². The summed E-state index contributed by atoms with van der Waals surface area (Å²) in [6.07, 6.45) is 0.921. The van der Waals surface area contributed by atoms with Gasteiger partial charge < -0.3 is 20.7 Å². The van der Waals surface area contributed by atoms with Crippen LogP contribution in [-0.2, 0) is 17.7 Å². The van der Waals surface area contributed by atoms with Gasteiger partial charge in [0.2, 0.25) is 5.95 Å². The lowest BCUT2D eigenvalue weighted by atomic mass is 10.1. The molecule has 0 atom stereocenters. The molecule has 0 unspecified atom stereocenters. The molecular weight excluding hydrogens is 254 g/mol. The molecule has 0 bridgehead atoms. The molecule has 3 rings (SSSR count). The lowest BCUT2D eigenvalue weighted by Crippen LogP contribution is -2.38. The maximum atomic E-state index is 6.01. The average molecular weight is 272 g/mol. The van der Waals surface area contributed by atoms with Crippen LogP contribution < -0.4 is 16.0 Å². The molecule has 3 N–H and O–H groups in total. The van der Waals surface area contributed by atoms with E-state index >= 15 is 0 Å². The number of rotatable bonds is 1. The normalized spacial score (nSPS) is 19.0. The maximum absolute atomic E-state index is 6.01. The molecule has 0 aromatic carbocycles. The number of anilines is 2. The summed E-state index contributed by atoms with van der Waals surface area (Å²) in [5, 5.41) is 3.31.